The third-order valence-corrected chi connectivity index (χ3v) is 2.54. The molecule has 1 rings (SSSR count). The SMILES string of the molecule is CN(C(=O)CNCCCC(=O)O)c1ccccc1. The summed E-state index contributed by atoms with van der Waals surface area (Å²) in [6, 6.07) is 9.37. The fraction of sp³-hybridized carbons (Fsp3) is 0.385. The van der Waals surface area contributed by atoms with Crippen LogP contribution in [0.1, 0.15) is 12.8 Å². The van der Waals surface area contributed by atoms with E-state index in [4.69, 9.17) is 5.11 Å². The van der Waals surface area contributed by atoms with Crippen LogP contribution >= 0.6 is 0 Å². The van der Waals surface area contributed by atoms with Gasteiger partial charge in [0.15, 0.2) is 0 Å². The smallest absolute Gasteiger partial charge is 0.303 e. The normalized spacial score (nSPS) is 10.1. The number of carboxylic acids is 1. The molecule has 0 aliphatic carbocycles. The van der Waals surface area contributed by atoms with Crippen LogP contribution in [0.4, 0.5) is 5.69 Å². The highest BCUT2D eigenvalue weighted by Gasteiger charge is 2.09. The van der Waals surface area contributed by atoms with Crippen molar-refractivity contribution in [2.45, 2.75) is 12.8 Å². The maximum absolute atomic E-state index is 11.8. The van der Waals surface area contributed by atoms with E-state index in [9.17, 15) is 9.59 Å². The van der Waals surface area contributed by atoms with E-state index in [0.717, 1.165) is 5.69 Å². The maximum Gasteiger partial charge on any atom is 0.303 e. The quantitative estimate of drug-likeness (QED) is 0.711. The van der Waals surface area contributed by atoms with Gasteiger partial charge in [0.05, 0.1) is 6.54 Å². The van der Waals surface area contributed by atoms with Crippen LogP contribution in [0, 0.1) is 0 Å². The minimum atomic E-state index is -0.815. The molecule has 18 heavy (non-hydrogen) atoms. The van der Waals surface area contributed by atoms with Gasteiger partial charge in [-0.3, -0.25) is 9.59 Å². The van der Waals surface area contributed by atoms with E-state index in [1.165, 1.54) is 0 Å². The molecule has 1 amide bonds. The van der Waals surface area contributed by atoms with E-state index >= 15 is 0 Å². The van der Waals surface area contributed by atoms with E-state index in [2.05, 4.69) is 5.32 Å². The summed E-state index contributed by atoms with van der Waals surface area (Å²) in [6.45, 7) is 0.742. The summed E-state index contributed by atoms with van der Waals surface area (Å²) in [5.74, 6) is -0.860. The summed E-state index contributed by atoms with van der Waals surface area (Å²) in [6.07, 6.45) is 0.646. The first kappa shape index (κ1) is 14.2. The number of hydrogen-bond donors (Lipinski definition) is 2. The van der Waals surface area contributed by atoms with Gasteiger partial charge < -0.3 is 15.3 Å². The third kappa shape index (κ3) is 4.97. The van der Waals surface area contributed by atoms with E-state index in [1.54, 1.807) is 11.9 Å². The second kappa shape index (κ2) is 7.45. The highest BCUT2D eigenvalue weighted by Crippen LogP contribution is 2.10. The Morgan fingerprint density at radius 1 is 1.28 bits per heavy atom. The number of para-hydroxylation sites is 1. The Balaban J connectivity index is 2.26. The van der Waals surface area contributed by atoms with Crippen LogP contribution < -0.4 is 10.2 Å². The molecule has 0 spiro atoms. The Morgan fingerprint density at radius 3 is 2.56 bits per heavy atom. The first-order valence-electron chi connectivity index (χ1n) is 5.85. The summed E-state index contributed by atoms with van der Waals surface area (Å²) in [5, 5.41) is 11.4. The minimum Gasteiger partial charge on any atom is -0.481 e. The van der Waals surface area contributed by atoms with Gasteiger partial charge in [0.2, 0.25) is 5.91 Å². The third-order valence-electron chi connectivity index (χ3n) is 2.54. The van der Waals surface area contributed by atoms with Gasteiger partial charge in [0.25, 0.3) is 0 Å². The highest BCUT2D eigenvalue weighted by molar-refractivity contribution is 5.94. The van der Waals surface area contributed by atoms with Crippen LogP contribution in [0.5, 0.6) is 0 Å². The molecule has 0 aromatic heterocycles. The fourth-order valence-corrected chi connectivity index (χ4v) is 1.47. The van der Waals surface area contributed by atoms with Crippen LogP contribution in [-0.4, -0.2) is 37.1 Å². The Labute approximate surface area is 106 Å². The molecule has 0 fully saturated rings. The zero-order chi connectivity index (χ0) is 13.4. The number of amides is 1. The number of carbonyl (C=O) groups excluding carboxylic acids is 1. The summed E-state index contributed by atoms with van der Waals surface area (Å²) in [7, 11) is 1.72. The summed E-state index contributed by atoms with van der Waals surface area (Å²) in [5.41, 5.74) is 0.842. The lowest BCUT2D eigenvalue weighted by Gasteiger charge is -2.17. The van der Waals surface area contributed by atoms with Crippen LogP contribution in [0.15, 0.2) is 30.3 Å². The zero-order valence-corrected chi connectivity index (χ0v) is 10.4. The molecular weight excluding hydrogens is 232 g/mol. The molecule has 1 aromatic rings. The van der Waals surface area contributed by atoms with Crippen molar-refractivity contribution in [2.24, 2.45) is 0 Å². The molecule has 0 saturated carbocycles. The lowest BCUT2D eigenvalue weighted by Crippen LogP contribution is -2.35. The number of carbonyl (C=O) groups is 2. The summed E-state index contributed by atoms with van der Waals surface area (Å²) in [4.78, 5) is 23.6. The molecule has 5 heteroatoms. The number of benzene rings is 1. The second-order valence-electron chi connectivity index (χ2n) is 3.96. The van der Waals surface area contributed by atoms with Crippen molar-refractivity contribution in [2.75, 3.05) is 25.0 Å². The van der Waals surface area contributed by atoms with E-state index in [1.807, 2.05) is 30.3 Å². The van der Waals surface area contributed by atoms with Gasteiger partial charge in [-0.25, -0.2) is 0 Å². The first-order chi connectivity index (χ1) is 8.61. The van der Waals surface area contributed by atoms with Crippen LogP contribution in [0.3, 0.4) is 0 Å². The molecule has 2 N–H and O–H groups in total. The van der Waals surface area contributed by atoms with Crippen molar-refractivity contribution in [1.29, 1.82) is 0 Å². The first-order valence-corrected chi connectivity index (χ1v) is 5.85. The average molecular weight is 250 g/mol. The number of anilines is 1. The maximum atomic E-state index is 11.8. The van der Waals surface area contributed by atoms with E-state index < -0.39 is 5.97 Å². The molecule has 0 unspecified atom stereocenters. The number of likely N-dealkylation sites (N-methyl/N-ethyl adjacent to an activating group) is 1. The minimum absolute atomic E-state index is 0.0449. The second-order valence-corrected chi connectivity index (χ2v) is 3.96. The average Bonchev–Trinajstić information content (AvgIpc) is 2.38. The van der Waals surface area contributed by atoms with Gasteiger partial charge in [0.1, 0.15) is 0 Å². The van der Waals surface area contributed by atoms with Crippen molar-refractivity contribution >= 4 is 17.6 Å². The number of hydrogen-bond acceptors (Lipinski definition) is 3. The van der Waals surface area contributed by atoms with E-state index in [0.29, 0.717) is 13.0 Å². The monoisotopic (exact) mass is 250 g/mol. The molecule has 0 aliphatic heterocycles. The highest BCUT2D eigenvalue weighted by atomic mass is 16.4. The van der Waals surface area contributed by atoms with Crippen molar-refractivity contribution < 1.29 is 14.7 Å². The van der Waals surface area contributed by atoms with Crippen LogP contribution in [-0.2, 0) is 9.59 Å². The molecule has 5 nitrogen and oxygen atoms in total. The molecule has 0 atom stereocenters. The number of carboxylic acid groups (broad SMARTS) is 1. The standard InChI is InChI=1S/C13H18N2O3/c1-15(11-6-3-2-4-7-11)12(16)10-14-9-5-8-13(17)18/h2-4,6-7,14H,5,8-10H2,1H3,(H,17,18). The zero-order valence-electron chi connectivity index (χ0n) is 10.4. The van der Waals surface area contributed by atoms with E-state index in [-0.39, 0.29) is 18.9 Å². The summed E-state index contributed by atoms with van der Waals surface area (Å²) >= 11 is 0. The number of nitrogens with one attached hydrogen (secondary N) is 1. The van der Waals surface area contributed by atoms with Crippen molar-refractivity contribution in [3.63, 3.8) is 0 Å². The van der Waals surface area contributed by atoms with Gasteiger partial charge in [-0.2, -0.15) is 0 Å². The van der Waals surface area contributed by atoms with Gasteiger partial charge in [-0.15, -0.1) is 0 Å². The molecule has 98 valence electrons. The lowest BCUT2D eigenvalue weighted by molar-refractivity contribution is -0.137. The van der Waals surface area contributed by atoms with Crippen molar-refractivity contribution in [3.8, 4) is 0 Å². The summed E-state index contributed by atoms with van der Waals surface area (Å²) < 4.78 is 0. The van der Waals surface area contributed by atoms with Gasteiger partial charge in [-0.1, -0.05) is 18.2 Å². The fourth-order valence-electron chi connectivity index (χ4n) is 1.47. The predicted octanol–water partition coefficient (Wildman–Crippen LogP) is 1.10. The van der Waals surface area contributed by atoms with Crippen LogP contribution in [0.25, 0.3) is 0 Å². The molecule has 0 aliphatic rings. The lowest BCUT2D eigenvalue weighted by atomic mass is 10.3. The molecule has 0 heterocycles. The van der Waals surface area contributed by atoms with Crippen molar-refractivity contribution in [3.05, 3.63) is 30.3 Å². The topological polar surface area (TPSA) is 69.6 Å². The molecule has 0 radical (unpaired) electrons. The largest absolute Gasteiger partial charge is 0.481 e. The Morgan fingerprint density at radius 2 is 1.94 bits per heavy atom. The molecule has 0 saturated heterocycles. The van der Waals surface area contributed by atoms with Gasteiger partial charge in [-0.05, 0) is 25.1 Å². The number of rotatable bonds is 7. The van der Waals surface area contributed by atoms with Crippen molar-refractivity contribution in [1.82, 2.24) is 5.32 Å². The van der Waals surface area contributed by atoms with Gasteiger partial charge in [0, 0.05) is 19.2 Å². The number of nitrogens with zero attached hydrogens (tertiary/aromatic N) is 1. The number of aliphatic carboxylic acids is 1. The Bertz CT molecular complexity index is 392. The Hall–Kier alpha value is -1.88. The molecule has 0 bridgehead atoms. The van der Waals surface area contributed by atoms with Gasteiger partial charge >= 0.3 is 5.97 Å². The predicted molar refractivity (Wildman–Crippen MR) is 69.6 cm³/mol. The molecular formula is C13H18N2O3. The van der Waals surface area contributed by atoms with Crippen LogP contribution in [0.2, 0.25) is 0 Å². The molecule has 1 aromatic carbocycles. The Kier molecular flexibility index (Phi) is 5.87.